The fourth-order valence-electron chi connectivity index (χ4n) is 3.93. The van der Waals surface area contributed by atoms with Crippen molar-refractivity contribution in [1.29, 1.82) is 0 Å². The summed E-state index contributed by atoms with van der Waals surface area (Å²) in [6.07, 6.45) is 0.712. The lowest BCUT2D eigenvalue weighted by atomic mass is 10.1. The summed E-state index contributed by atoms with van der Waals surface area (Å²) in [5.74, 6) is 0.986. The van der Waals surface area contributed by atoms with Crippen molar-refractivity contribution in [3.8, 4) is 17.2 Å². The zero-order chi connectivity index (χ0) is 24.0. The van der Waals surface area contributed by atoms with Crippen LogP contribution in [-0.4, -0.2) is 56.0 Å². The van der Waals surface area contributed by atoms with E-state index in [1.165, 1.54) is 4.90 Å². The average molecular weight is 455 g/mol. The fourth-order valence-corrected chi connectivity index (χ4v) is 3.93. The van der Waals surface area contributed by atoms with E-state index in [4.69, 9.17) is 14.2 Å². The molecular weight excluding hydrogens is 424 g/mol. The molecule has 1 aliphatic rings. The fraction of sp³-hybridized carbons (Fsp3) is 0.400. The molecular formula is C25H30N2O6. The van der Waals surface area contributed by atoms with E-state index in [9.17, 15) is 14.4 Å². The van der Waals surface area contributed by atoms with Gasteiger partial charge in [-0.2, -0.15) is 0 Å². The van der Waals surface area contributed by atoms with E-state index in [2.05, 4.69) is 0 Å². The smallest absolute Gasteiger partial charge is 0.257 e. The van der Waals surface area contributed by atoms with Crippen molar-refractivity contribution in [2.75, 3.05) is 32.3 Å². The Morgan fingerprint density at radius 3 is 2.33 bits per heavy atom. The van der Waals surface area contributed by atoms with E-state index >= 15 is 0 Å². The number of hydrogen-bond acceptors (Lipinski definition) is 6. The Morgan fingerprint density at radius 2 is 1.73 bits per heavy atom. The number of amides is 3. The molecule has 0 unspecified atom stereocenters. The van der Waals surface area contributed by atoms with Gasteiger partial charge in [0.1, 0.15) is 11.8 Å². The van der Waals surface area contributed by atoms with Crippen LogP contribution in [0.2, 0.25) is 0 Å². The van der Waals surface area contributed by atoms with Gasteiger partial charge in [0.2, 0.25) is 11.8 Å². The van der Waals surface area contributed by atoms with Crippen LogP contribution in [0.1, 0.15) is 32.3 Å². The van der Waals surface area contributed by atoms with Crippen LogP contribution in [0.4, 0.5) is 5.69 Å². The number of carbonyl (C=O) groups is 3. The first-order valence-corrected chi connectivity index (χ1v) is 11.0. The van der Waals surface area contributed by atoms with Gasteiger partial charge in [0.05, 0.1) is 32.9 Å². The lowest BCUT2D eigenvalue weighted by Crippen LogP contribution is -2.46. The highest BCUT2D eigenvalue weighted by molar-refractivity contribution is 6.23. The zero-order valence-electron chi connectivity index (χ0n) is 19.5. The second kappa shape index (κ2) is 10.8. The maximum Gasteiger partial charge on any atom is 0.257 e. The van der Waals surface area contributed by atoms with Crippen molar-refractivity contribution in [3.05, 3.63) is 48.0 Å². The normalized spacial score (nSPS) is 15.5. The molecule has 0 spiro atoms. The number of ether oxygens (including phenoxy) is 3. The Bertz CT molecular complexity index is 1000. The van der Waals surface area contributed by atoms with Crippen LogP contribution in [0, 0.1) is 0 Å². The molecule has 3 amide bonds. The maximum absolute atomic E-state index is 13.2. The van der Waals surface area contributed by atoms with Gasteiger partial charge in [-0.1, -0.05) is 13.0 Å². The zero-order valence-corrected chi connectivity index (χ0v) is 19.5. The molecule has 1 fully saturated rings. The number of anilines is 1. The Hall–Kier alpha value is -3.55. The Balaban J connectivity index is 1.78. The Morgan fingerprint density at radius 1 is 1.03 bits per heavy atom. The van der Waals surface area contributed by atoms with Crippen LogP contribution < -0.4 is 19.1 Å². The van der Waals surface area contributed by atoms with Gasteiger partial charge in [0.25, 0.3) is 5.91 Å². The molecule has 176 valence electrons. The molecule has 1 saturated heterocycles. The molecule has 1 heterocycles. The van der Waals surface area contributed by atoms with E-state index in [1.54, 1.807) is 51.5 Å². The predicted molar refractivity (Wildman–Crippen MR) is 124 cm³/mol. The first-order valence-electron chi connectivity index (χ1n) is 11.0. The molecule has 33 heavy (non-hydrogen) atoms. The minimum absolute atomic E-state index is 0.0380. The summed E-state index contributed by atoms with van der Waals surface area (Å²) in [6.45, 7) is 4.46. The van der Waals surface area contributed by atoms with Crippen molar-refractivity contribution in [3.63, 3.8) is 0 Å². The van der Waals surface area contributed by atoms with Gasteiger partial charge in [-0.15, -0.1) is 0 Å². The van der Waals surface area contributed by atoms with E-state index < -0.39 is 11.9 Å². The van der Waals surface area contributed by atoms with E-state index in [0.29, 0.717) is 42.5 Å². The standard InChI is InChI=1S/C25H30N2O6/c1-5-23(28)26(14-13-17-7-12-21(31-3)22(15-17)32-4)20-16-24(29)27(25(20)30)18-8-10-19(11-9-18)33-6-2/h7-12,15,20H,5-6,13-14,16H2,1-4H3/t20-/m0/s1. The predicted octanol–water partition coefficient (Wildman–Crippen LogP) is 3.22. The highest BCUT2D eigenvalue weighted by atomic mass is 16.5. The molecule has 0 radical (unpaired) electrons. The summed E-state index contributed by atoms with van der Waals surface area (Å²) in [4.78, 5) is 41.4. The van der Waals surface area contributed by atoms with Gasteiger partial charge in [-0.05, 0) is 55.3 Å². The van der Waals surface area contributed by atoms with Crippen LogP contribution in [0.3, 0.4) is 0 Å². The first kappa shape index (κ1) is 24.1. The minimum Gasteiger partial charge on any atom is -0.494 e. The Kier molecular flexibility index (Phi) is 7.92. The topological polar surface area (TPSA) is 85.4 Å². The lowest BCUT2D eigenvalue weighted by Gasteiger charge is -2.27. The second-order valence-electron chi connectivity index (χ2n) is 7.59. The van der Waals surface area contributed by atoms with Crippen molar-refractivity contribution in [1.82, 2.24) is 4.90 Å². The van der Waals surface area contributed by atoms with Gasteiger partial charge in [0, 0.05) is 13.0 Å². The average Bonchev–Trinajstić information content (AvgIpc) is 3.13. The summed E-state index contributed by atoms with van der Waals surface area (Å²) >= 11 is 0. The number of nitrogens with zero attached hydrogens (tertiary/aromatic N) is 2. The van der Waals surface area contributed by atoms with Crippen molar-refractivity contribution >= 4 is 23.4 Å². The highest BCUT2D eigenvalue weighted by Gasteiger charge is 2.43. The van der Waals surface area contributed by atoms with Crippen LogP contribution in [0.5, 0.6) is 17.2 Å². The summed E-state index contributed by atoms with van der Waals surface area (Å²) < 4.78 is 16.0. The third kappa shape index (κ3) is 5.27. The molecule has 3 rings (SSSR count). The monoisotopic (exact) mass is 454 g/mol. The number of hydrogen-bond donors (Lipinski definition) is 0. The first-order chi connectivity index (χ1) is 15.9. The molecule has 0 aliphatic carbocycles. The number of carbonyl (C=O) groups excluding carboxylic acids is 3. The van der Waals surface area contributed by atoms with Gasteiger partial charge >= 0.3 is 0 Å². The quantitative estimate of drug-likeness (QED) is 0.513. The van der Waals surface area contributed by atoms with Gasteiger partial charge in [-0.3, -0.25) is 14.4 Å². The molecule has 0 N–H and O–H groups in total. The number of rotatable bonds is 10. The van der Waals surface area contributed by atoms with Crippen LogP contribution >= 0.6 is 0 Å². The number of imide groups is 1. The molecule has 0 aromatic heterocycles. The van der Waals surface area contributed by atoms with Gasteiger partial charge in [0.15, 0.2) is 11.5 Å². The molecule has 2 aromatic carbocycles. The summed E-state index contributed by atoms with van der Waals surface area (Å²) in [5.41, 5.74) is 1.40. The van der Waals surface area contributed by atoms with E-state index in [0.717, 1.165) is 10.5 Å². The van der Waals surface area contributed by atoms with Crippen molar-refractivity contribution in [2.45, 2.75) is 39.2 Å². The van der Waals surface area contributed by atoms with Crippen LogP contribution in [-0.2, 0) is 20.8 Å². The molecule has 8 heteroatoms. The molecule has 1 aliphatic heterocycles. The molecule has 0 bridgehead atoms. The second-order valence-corrected chi connectivity index (χ2v) is 7.59. The molecule has 1 atom stereocenters. The largest absolute Gasteiger partial charge is 0.494 e. The molecule has 8 nitrogen and oxygen atoms in total. The van der Waals surface area contributed by atoms with Crippen molar-refractivity contribution in [2.24, 2.45) is 0 Å². The SMILES string of the molecule is CCOc1ccc(N2C(=O)C[C@H](N(CCc3ccc(OC)c(OC)c3)C(=O)CC)C2=O)cc1. The summed E-state index contributed by atoms with van der Waals surface area (Å²) in [6, 6.07) is 11.5. The molecule has 2 aromatic rings. The van der Waals surface area contributed by atoms with Crippen LogP contribution in [0.15, 0.2) is 42.5 Å². The van der Waals surface area contributed by atoms with E-state index in [1.807, 2.05) is 19.1 Å². The minimum atomic E-state index is -0.823. The summed E-state index contributed by atoms with van der Waals surface area (Å²) in [7, 11) is 3.13. The van der Waals surface area contributed by atoms with Crippen LogP contribution in [0.25, 0.3) is 0 Å². The van der Waals surface area contributed by atoms with Gasteiger partial charge in [-0.25, -0.2) is 4.90 Å². The molecule has 0 saturated carbocycles. The van der Waals surface area contributed by atoms with Gasteiger partial charge < -0.3 is 19.1 Å². The van der Waals surface area contributed by atoms with E-state index in [-0.39, 0.29) is 24.7 Å². The Labute approximate surface area is 194 Å². The third-order valence-electron chi connectivity index (χ3n) is 5.62. The summed E-state index contributed by atoms with van der Waals surface area (Å²) in [5, 5.41) is 0. The third-order valence-corrected chi connectivity index (χ3v) is 5.62. The highest BCUT2D eigenvalue weighted by Crippen LogP contribution is 2.30. The maximum atomic E-state index is 13.2. The lowest BCUT2D eigenvalue weighted by molar-refractivity contribution is -0.138. The number of benzene rings is 2. The van der Waals surface area contributed by atoms with Crippen molar-refractivity contribution < 1.29 is 28.6 Å². The number of methoxy groups -OCH3 is 2.